The van der Waals surface area contributed by atoms with Crippen molar-refractivity contribution < 1.29 is 4.74 Å². The lowest BCUT2D eigenvalue weighted by molar-refractivity contribution is -0.107. The highest BCUT2D eigenvalue weighted by Gasteiger charge is 2.46. The summed E-state index contributed by atoms with van der Waals surface area (Å²) in [6.45, 7) is 11.4. The van der Waals surface area contributed by atoms with E-state index in [2.05, 4.69) is 50.1 Å². The zero-order valence-corrected chi connectivity index (χ0v) is 10.8. The average molecular weight is 223 g/mol. The van der Waals surface area contributed by atoms with Gasteiger partial charge in [-0.25, -0.2) is 0 Å². The lowest BCUT2D eigenvalue weighted by atomic mass is 9.97. The van der Waals surface area contributed by atoms with Gasteiger partial charge in [0.05, 0.1) is 16.9 Å². The molecule has 0 aliphatic carbocycles. The van der Waals surface area contributed by atoms with Crippen molar-refractivity contribution in [1.29, 1.82) is 0 Å². The van der Waals surface area contributed by atoms with E-state index < -0.39 is 0 Å². The van der Waals surface area contributed by atoms with Gasteiger partial charge in [-0.05, 0) is 34.1 Å². The molecule has 16 heavy (non-hydrogen) atoms. The number of fused-ring (bicyclic) bond motifs is 1. The molecule has 0 radical (unpaired) electrons. The van der Waals surface area contributed by atoms with Gasteiger partial charge in [-0.2, -0.15) is 5.10 Å². The Morgan fingerprint density at radius 2 is 1.94 bits per heavy atom. The van der Waals surface area contributed by atoms with E-state index in [4.69, 9.17) is 4.74 Å². The molecule has 2 N–H and O–H groups in total. The summed E-state index contributed by atoms with van der Waals surface area (Å²) in [7, 11) is 0. The first-order valence-corrected chi connectivity index (χ1v) is 5.92. The fraction of sp³-hybridized carbons (Fsp3) is 0.750. The van der Waals surface area contributed by atoms with Crippen LogP contribution in [0.5, 0.6) is 0 Å². The predicted molar refractivity (Wildman–Crippen MR) is 64.5 cm³/mol. The minimum absolute atomic E-state index is 0.276. The minimum atomic E-state index is -0.280. The van der Waals surface area contributed by atoms with Gasteiger partial charge in [0, 0.05) is 6.54 Å². The van der Waals surface area contributed by atoms with Crippen molar-refractivity contribution in [2.24, 2.45) is 0 Å². The molecule has 0 fully saturated rings. The molecule has 1 aromatic rings. The monoisotopic (exact) mass is 223 g/mol. The number of aromatic amines is 1. The van der Waals surface area contributed by atoms with Gasteiger partial charge >= 0.3 is 0 Å². The van der Waals surface area contributed by atoms with Crippen molar-refractivity contribution in [3.05, 3.63) is 11.3 Å². The van der Waals surface area contributed by atoms with Crippen molar-refractivity contribution in [3.63, 3.8) is 0 Å². The number of hydrogen-bond donors (Lipinski definition) is 2. The van der Waals surface area contributed by atoms with Gasteiger partial charge in [0.2, 0.25) is 0 Å². The summed E-state index contributed by atoms with van der Waals surface area (Å²) < 4.78 is 6.06. The smallest absolute Gasteiger partial charge is 0.154 e. The number of H-pyrrole nitrogens is 1. The lowest BCUT2D eigenvalue weighted by Gasteiger charge is -2.25. The molecule has 1 aromatic heterocycles. The molecular weight excluding hydrogens is 202 g/mol. The van der Waals surface area contributed by atoms with E-state index in [1.807, 2.05) is 0 Å². The third-order valence-electron chi connectivity index (χ3n) is 3.02. The summed E-state index contributed by atoms with van der Waals surface area (Å²) in [6.07, 6.45) is 1.09. The highest BCUT2D eigenvalue weighted by atomic mass is 16.5. The Balaban J connectivity index is 2.40. The molecule has 0 amide bonds. The fourth-order valence-electron chi connectivity index (χ4n) is 2.48. The molecule has 1 aliphatic heterocycles. The second-order valence-electron chi connectivity index (χ2n) is 5.37. The maximum Gasteiger partial charge on any atom is 0.154 e. The van der Waals surface area contributed by atoms with Crippen LogP contribution in [0.4, 0.5) is 5.82 Å². The molecule has 90 valence electrons. The summed E-state index contributed by atoms with van der Waals surface area (Å²) in [6, 6.07) is 0. The van der Waals surface area contributed by atoms with Gasteiger partial charge in [-0.3, -0.25) is 5.10 Å². The lowest BCUT2D eigenvalue weighted by Crippen LogP contribution is -2.24. The molecule has 0 spiro atoms. The second-order valence-corrected chi connectivity index (χ2v) is 5.37. The Kier molecular flexibility index (Phi) is 2.49. The molecule has 0 unspecified atom stereocenters. The van der Waals surface area contributed by atoms with Crippen LogP contribution in [0.3, 0.4) is 0 Å². The molecule has 4 nitrogen and oxygen atoms in total. The highest BCUT2D eigenvalue weighted by Crippen LogP contribution is 2.48. The summed E-state index contributed by atoms with van der Waals surface area (Å²) in [5.41, 5.74) is 1.71. The fourth-order valence-corrected chi connectivity index (χ4v) is 2.48. The number of anilines is 1. The number of nitrogens with one attached hydrogen (secondary N) is 2. The molecule has 0 aromatic carbocycles. The summed E-state index contributed by atoms with van der Waals surface area (Å²) in [5, 5.41) is 10.8. The third-order valence-corrected chi connectivity index (χ3v) is 3.02. The molecule has 0 saturated carbocycles. The van der Waals surface area contributed by atoms with Crippen LogP contribution in [-0.4, -0.2) is 16.7 Å². The van der Waals surface area contributed by atoms with Gasteiger partial charge in [-0.1, -0.05) is 6.92 Å². The van der Waals surface area contributed by atoms with Crippen LogP contribution in [0.25, 0.3) is 0 Å². The molecule has 2 rings (SSSR count). The van der Waals surface area contributed by atoms with E-state index in [-0.39, 0.29) is 11.2 Å². The Hall–Kier alpha value is -1.03. The van der Waals surface area contributed by atoms with Crippen molar-refractivity contribution in [2.75, 3.05) is 11.9 Å². The largest absolute Gasteiger partial charge is 0.368 e. The van der Waals surface area contributed by atoms with Crippen molar-refractivity contribution in [2.45, 2.75) is 52.2 Å². The van der Waals surface area contributed by atoms with Crippen molar-refractivity contribution in [1.82, 2.24) is 10.2 Å². The Bertz CT molecular complexity index is 393. The van der Waals surface area contributed by atoms with Gasteiger partial charge < -0.3 is 10.1 Å². The Morgan fingerprint density at radius 3 is 2.56 bits per heavy atom. The predicted octanol–water partition coefficient (Wildman–Crippen LogP) is 2.73. The Labute approximate surface area is 96.8 Å². The van der Waals surface area contributed by atoms with E-state index >= 15 is 0 Å². The first kappa shape index (κ1) is 11.5. The van der Waals surface area contributed by atoms with Crippen LogP contribution in [-0.2, 0) is 15.9 Å². The quantitative estimate of drug-likeness (QED) is 0.828. The number of hydrogen-bond acceptors (Lipinski definition) is 3. The average Bonchev–Trinajstić information content (AvgIpc) is 2.63. The zero-order valence-electron chi connectivity index (χ0n) is 10.8. The van der Waals surface area contributed by atoms with Crippen molar-refractivity contribution >= 4 is 5.82 Å². The summed E-state index contributed by atoms with van der Waals surface area (Å²) in [5.74, 6) is 0.937. The van der Waals surface area contributed by atoms with E-state index in [0.29, 0.717) is 0 Å². The molecule has 0 bridgehead atoms. The van der Waals surface area contributed by atoms with E-state index in [1.165, 1.54) is 5.56 Å². The highest BCUT2D eigenvalue weighted by molar-refractivity contribution is 5.53. The van der Waals surface area contributed by atoms with Crippen LogP contribution in [0.2, 0.25) is 0 Å². The Morgan fingerprint density at radius 1 is 1.25 bits per heavy atom. The number of ether oxygens (including phenoxy) is 1. The minimum Gasteiger partial charge on any atom is -0.368 e. The summed E-state index contributed by atoms with van der Waals surface area (Å²) >= 11 is 0. The number of nitrogens with zero attached hydrogens (tertiary/aromatic N) is 1. The van der Waals surface area contributed by atoms with E-state index in [9.17, 15) is 0 Å². The van der Waals surface area contributed by atoms with E-state index in [0.717, 1.165) is 24.5 Å². The van der Waals surface area contributed by atoms with Gasteiger partial charge in [0.15, 0.2) is 5.82 Å². The van der Waals surface area contributed by atoms with Gasteiger partial charge in [0.1, 0.15) is 5.60 Å². The van der Waals surface area contributed by atoms with Crippen LogP contribution < -0.4 is 5.32 Å². The number of rotatable bonds is 3. The maximum absolute atomic E-state index is 6.06. The van der Waals surface area contributed by atoms with Gasteiger partial charge in [0.25, 0.3) is 0 Å². The van der Waals surface area contributed by atoms with Crippen LogP contribution in [0.1, 0.15) is 52.3 Å². The molecular formula is C12H21N3O. The molecule has 1 aliphatic rings. The van der Waals surface area contributed by atoms with Crippen LogP contribution in [0.15, 0.2) is 0 Å². The number of aromatic nitrogens is 2. The third kappa shape index (κ3) is 1.61. The molecule has 4 heteroatoms. The standard InChI is InChI=1S/C12H21N3O/c1-6-7-13-10-8-9(14-15-10)12(4,5)16-11(8,2)3/h6-7H2,1-5H3,(H2,13,14,15). The van der Waals surface area contributed by atoms with Crippen LogP contribution in [0, 0.1) is 0 Å². The normalized spacial score (nSPS) is 20.8. The SMILES string of the molecule is CCCNc1n[nH]c2c1C(C)(C)OC2(C)C. The summed E-state index contributed by atoms with van der Waals surface area (Å²) in [4.78, 5) is 0. The van der Waals surface area contributed by atoms with Crippen molar-refractivity contribution in [3.8, 4) is 0 Å². The molecule has 2 heterocycles. The first-order valence-electron chi connectivity index (χ1n) is 5.92. The molecule has 0 saturated heterocycles. The zero-order chi connectivity index (χ0) is 12.0. The topological polar surface area (TPSA) is 49.9 Å². The van der Waals surface area contributed by atoms with Gasteiger partial charge in [-0.15, -0.1) is 0 Å². The maximum atomic E-state index is 6.06. The van der Waals surface area contributed by atoms with Crippen LogP contribution >= 0.6 is 0 Å². The van der Waals surface area contributed by atoms with E-state index in [1.54, 1.807) is 0 Å². The first-order chi connectivity index (χ1) is 7.38. The molecule has 0 atom stereocenters. The second kappa shape index (κ2) is 3.48.